The SMILES string of the molecule is O=C(COc1ccc(C23CC4CC(CC(C4)C2)C3)cc1)[AsH]c1cccc(C(=O)O)c1. The van der Waals surface area contributed by atoms with Crippen LogP contribution in [0.4, 0.5) is 0 Å². The van der Waals surface area contributed by atoms with Gasteiger partial charge in [0.2, 0.25) is 0 Å². The Bertz CT molecular complexity index is 930. The van der Waals surface area contributed by atoms with Crippen LogP contribution < -0.4 is 9.09 Å². The van der Waals surface area contributed by atoms with Crippen LogP contribution in [0.3, 0.4) is 0 Å². The van der Waals surface area contributed by atoms with Crippen LogP contribution in [0, 0.1) is 17.8 Å². The number of hydrogen-bond donors (Lipinski definition) is 1. The van der Waals surface area contributed by atoms with E-state index in [0.29, 0.717) is 5.41 Å². The minimum absolute atomic E-state index is 0.0496. The molecule has 1 N–H and O–H groups in total. The van der Waals surface area contributed by atoms with Gasteiger partial charge in [-0.3, -0.25) is 0 Å². The van der Waals surface area contributed by atoms with E-state index in [1.807, 2.05) is 18.2 Å². The number of carbonyl (C=O) groups excluding carboxylic acids is 1. The van der Waals surface area contributed by atoms with Gasteiger partial charge >= 0.3 is 184 Å². The van der Waals surface area contributed by atoms with E-state index in [-0.39, 0.29) is 16.7 Å². The summed E-state index contributed by atoms with van der Waals surface area (Å²) < 4.78 is 6.64. The summed E-state index contributed by atoms with van der Waals surface area (Å²) in [6.07, 6.45) is 8.37. The molecule has 4 fully saturated rings. The maximum absolute atomic E-state index is 12.3. The molecule has 5 heteroatoms. The van der Waals surface area contributed by atoms with Gasteiger partial charge in [-0.15, -0.1) is 0 Å². The summed E-state index contributed by atoms with van der Waals surface area (Å²) in [5, 5.41) is 9.09. The third-order valence-corrected chi connectivity index (χ3v) is 9.41. The molecule has 4 aliphatic carbocycles. The van der Waals surface area contributed by atoms with Crippen molar-refractivity contribution in [2.45, 2.75) is 43.9 Å². The molecule has 0 aliphatic heterocycles. The quantitative estimate of drug-likeness (QED) is 0.635. The van der Waals surface area contributed by atoms with Gasteiger partial charge in [-0.2, -0.15) is 0 Å². The molecule has 0 heterocycles. The molecule has 0 spiro atoms. The predicted octanol–water partition coefficient (Wildman–Crippen LogP) is 3.52. The first-order valence-corrected chi connectivity index (χ1v) is 13.0. The first kappa shape index (κ1) is 19.9. The third-order valence-electron chi connectivity index (χ3n) is 7.27. The molecule has 30 heavy (non-hydrogen) atoms. The van der Waals surface area contributed by atoms with Gasteiger partial charge < -0.3 is 0 Å². The summed E-state index contributed by atoms with van der Waals surface area (Å²) in [5.74, 6) is 2.55. The number of carbonyl (C=O) groups is 2. The number of hydrogen-bond acceptors (Lipinski definition) is 3. The average molecular weight is 466 g/mol. The number of rotatable bonds is 7. The zero-order valence-corrected chi connectivity index (χ0v) is 19.1. The number of ether oxygens (including phenoxy) is 1. The van der Waals surface area contributed by atoms with Crippen LogP contribution in [-0.2, 0) is 10.2 Å². The fourth-order valence-electron chi connectivity index (χ4n) is 6.44. The molecule has 0 saturated heterocycles. The van der Waals surface area contributed by atoms with Gasteiger partial charge in [0.1, 0.15) is 0 Å². The predicted molar refractivity (Wildman–Crippen MR) is 117 cm³/mol. The molecule has 4 bridgehead atoms. The second-order valence-corrected chi connectivity index (χ2v) is 12.4. The molecule has 0 aromatic heterocycles. The number of carboxylic acid groups (broad SMARTS) is 1. The topological polar surface area (TPSA) is 63.6 Å². The van der Waals surface area contributed by atoms with Crippen molar-refractivity contribution >= 4 is 30.6 Å². The number of aromatic carboxylic acids is 1. The van der Waals surface area contributed by atoms with Crippen molar-refractivity contribution in [2.24, 2.45) is 17.8 Å². The molecule has 6 rings (SSSR count). The molecule has 156 valence electrons. The normalized spacial score (nSPS) is 29.4. The Morgan fingerprint density at radius 1 is 0.967 bits per heavy atom. The van der Waals surface area contributed by atoms with Crippen molar-refractivity contribution < 1.29 is 19.4 Å². The summed E-state index contributed by atoms with van der Waals surface area (Å²) in [7, 11) is 0. The van der Waals surface area contributed by atoms with Crippen LogP contribution in [-0.4, -0.2) is 38.0 Å². The van der Waals surface area contributed by atoms with Crippen molar-refractivity contribution in [3.63, 3.8) is 0 Å². The second kappa shape index (κ2) is 7.89. The van der Waals surface area contributed by atoms with Gasteiger partial charge in [-0.05, 0) is 0 Å². The Morgan fingerprint density at radius 3 is 2.20 bits per heavy atom. The average Bonchev–Trinajstić information content (AvgIpc) is 2.72. The summed E-state index contributed by atoms with van der Waals surface area (Å²) in [5.41, 5.74) is 2.06. The van der Waals surface area contributed by atoms with Gasteiger partial charge in [-0.25, -0.2) is 0 Å². The van der Waals surface area contributed by atoms with E-state index in [0.717, 1.165) is 27.9 Å². The molecular formula is C25H27AsO4. The molecular weight excluding hydrogens is 439 g/mol. The summed E-state index contributed by atoms with van der Waals surface area (Å²) in [6, 6.07) is 15.1. The molecule has 4 nitrogen and oxygen atoms in total. The van der Waals surface area contributed by atoms with Crippen LogP contribution >= 0.6 is 0 Å². The molecule has 0 radical (unpaired) electrons. The Morgan fingerprint density at radius 2 is 1.60 bits per heavy atom. The van der Waals surface area contributed by atoms with E-state index < -0.39 is 21.7 Å². The Labute approximate surface area is 183 Å². The summed E-state index contributed by atoms with van der Waals surface area (Å²) in [6.45, 7) is 0.0496. The van der Waals surface area contributed by atoms with Crippen molar-refractivity contribution in [3.8, 4) is 5.75 Å². The van der Waals surface area contributed by atoms with Crippen LogP contribution in [0.5, 0.6) is 5.75 Å². The molecule has 2 aromatic carbocycles. The molecule has 4 saturated carbocycles. The van der Waals surface area contributed by atoms with Crippen LogP contribution in [0.1, 0.15) is 54.4 Å². The molecule has 2 aromatic rings. The minimum atomic E-state index is -1.08. The van der Waals surface area contributed by atoms with E-state index in [1.54, 1.807) is 18.2 Å². The summed E-state index contributed by atoms with van der Waals surface area (Å²) in [4.78, 5) is 23.4. The van der Waals surface area contributed by atoms with Gasteiger partial charge in [-0.1, -0.05) is 0 Å². The van der Waals surface area contributed by atoms with Gasteiger partial charge in [0.05, 0.1) is 0 Å². The van der Waals surface area contributed by atoms with E-state index in [2.05, 4.69) is 12.1 Å². The van der Waals surface area contributed by atoms with Crippen molar-refractivity contribution in [2.75, 3.05) is 6.61 Å². The third kappa shape index (κ3) is 3.95. The second-order valence-electron chi connectivity index (χ2n) is 9.45. The maximum atomic E-state index is 12.3. The first-order chi connectivity index (χ1) is 14.5. The van der Waals surface area contributed by atoms with Crippen LogP contribution in [0.2, 0.25) is 0 Å². The zero-order chi connectivity index (χ0) is 20.7. The van der Waals surface area contributed by atoms with Gasteiger partial charge in [0, 0.05) is 0 Å². The Balaban J connectivity index is 1.19. The zero-order valence-electron chi connectivity index (χ0n) is 17.0. The molecule has 0 amide bonds. The first-order valence-electron chi connectivity index (χ1n) is 10.9. The molecule has 1 unspecified atom stereocenters. The Kier molecular flexibility index (Phi) is 5.23. The van der Waals surface area contributed by atoms with Gasteiger partial charge in [0.15, 0.2) is 0 Å². The number of carboxylic acids is 1. The number of benzene rings is 2. The van der Waals surface area contributed by atoms with Crippen molar-refractivity contribution in [1.82, 2.24) is 0 Å². The van der Waals surface area contributed by atoms with Crippen molar-refractivity contribution in [1.29, 1.82) is 0 Å². The van der Waals surface area contributed by atoms with E-state index in [1.165, 1.54) is 44.1 Å². The van der Waals surface area contributed by atoms with E-state index in [4.69, 9.17) is 9.84 Å². The van der Waals surface area contributed by atoms with E-state index in [9.17, 15) is 9.59 Å². The standard InChI is InChI=1S/C25H27AsO4/c27-23(26-21-3-1-2-19(11-21)24(28)29)15-30-22-6-4-20(5-7-22)25-12-16-8-17(13-25)10-18(9-16)14-25/h1-7,11,16-18,26H,8-10,12-15H2,(H,28,29). The fourth-order valence-corrected chi connectivity index (χ4v) is 8.28. The molecule has 4 aliphatic rings. The fraction of sp³-hybridized carbons (Fsp3) is 0.440. The van der Waals surface area contributed by atoms with Gasteiger partial charge in [0.25, 0.3) is 0 Å². The van der Waals surface area contributed by atoms with Crippen LogP contribution in [0.25, 0.3) is 0 Å². The van der Waals surface area contributed by atoms with Crippen LogP contribution in [0.15, 0.2) is 48.5 Å². The Hall–Kier alpha value is -2.06. The van der Waals surface area contributed by atoms with Crippen molar-refractivity contribution in [3.05, 3.63) is 59.7 Å². The van der Waals surface area contributed by atoms with E-state index >= 15 is 0 Å². The summed E-state index contributed by atoms with van der Waals surface area (Å²) >= 11 is -1.08. The molecule has 1 atom stereocenters. The monoisotopic (exact) mass is 466 g/mol.